The van der Waals surface area contributed by atoms with Gasteiger partial charge in [0.05, 0.1) is 13.4 Å². The number of rotatable bonds is 10. The van der Waals surface area contributed by atoms with Crippen molar-refractivity contribution in [2.75, 3.05) is 13.7 Å². The van der Waals surface area contributed by atoms with E-state index in [0.29, 0.717) is 29.7 Å². The summed E-state index contributed by atoms with van der Waals surface area (Å²) in [7, 11) is 1.64. The van der Waals surface area contributed by atoms with E-state index in [2.05, 4.69) is 14.9 Å². The van der Waals surface area contributed by atoms with E-state index in [-0.39, 0.29) is 0 Å². The molecule has 142 valence electrons. The summed E-state index contributed by atoms with van der Waals surface area (Å²) < 4.78 is 13.4. The molecule has 0 atom stereocenters. The summed E-state index contributed by atoms with van der Waals surface area (Å²) in [6.07, 6.45) is 6.61. The minimum Gasteiger partial charge on any atom is -0.493 e. The maximum atomic E-state index is 6.45. The molecule has 1 N–H and O–H groups in total. The molecule has 0 aliphatic carbocycles. The standard InChI is InChI=1S/C21H24ClN3O2/c1-26-20-12-18(14-23-8-5-10-25-11-9-24-16-25)19(22)13-21(20)27-15-17-6-3-2-4-7-17/h2-4,6-7,9,11-13,16,23H,5,8,10,14-15H2,1H3. The van der Waals surface area contributed by atoms with Gasteiger partial charge in [0.25, 0.3) is 0 Å². The summed E-state index contributed by atoms with van der Waals surface area (Å²) in [4.78, 5) is 4.04. The number of halogens is 1. The highest BCUT2D eigenvalue weighted by Gasteiger charge is 2.11. The molecule has 0 fully saturated rings. The maximum Gasteiger partial charge on any atom is 0.163 e. The molecule has 3 aromatic rings. The third-order valence-corrected chi connectivity index (χ3v) is 4.57. The van der Waals surface area contributed by atoms with Gasteiger partial charge < -0.3 is 19.4 Å². The molecule has 1 heterocycles. The van der Waals surface area contributed by atoms with E-state index >= 15 is 0 Å². The van der Waals surface area contributed by atoms with Gasteiger partial charge in [0.15, 0.2) is 11.5 Å². The highest BCUT2D eigenvalue weighted by atomic mass is 35.5. The first-order valence-electron chi connectivity index (χ1n) is 8.96. The van der Waals surface area contributed by atoms with E-state index in [1.807, 2.05) is 55.0 Å². The molecule has 0 radical (unpaired) electrons. The van der Waals surface area contributed by atoms with Crippen molar-refractivity contribution in [3.05, 3.63) is 77.3 Å². The Morgan fingerprint density at radius 3 is 2.74 bits per heavy atom. The van der Waals surface area contributed by atoms with Crippen LogP contribution in [0.5, 0.6) is 11.5 Å². The fourth-order valence-corrected chi connectivity index (χ4v) is 2.97. The molecule has 2 aromatic carbocycles. The molecule has 0 saturated carbocycles. The molecule has 0 aliphatic rings. The van der Waals surface area contributed by atoms with Crippen LogP contribution < -0.4 is 14.8 Å². The Kier molecular flexibility index (Phi) is 7.13. The van der Waals surface area contributed by atoms with Crippen molar-refractivity contribution >= 4 is 11.6 Å². The molecule has 0 unspecified atom stereocenters. The van der Waals surface area contributed by atoms with Gasteiger partial charge in [-0.1, -0.05) is 41.9 Å². The molecule has 27 heavy (non-hydrogen) atoms. The Morgan fingerprint density at radius 1 is 1.15 bits per heavy atom. The number of nitrogens with zero attached hydrogens (tertiary/aromatic N) is 2. The molecular formula is C21H24ClN3O2. The topological polar surface area (TPSA) is 48.3 Å². The average Bonchev–Trinajstić information content (AvgIpc) is 3.21. The smallest absolute Gasteiger partial charge is 0.163 e. The van der Waals surface area contributed by atoms with Crippen LogP contribution in [0.25, 0.3) is 0 Å². The second kappa shape index (κ2) is 10.00. The van der Waals surface area contributed by atoms with Gasteiger partial charge in [-0.25, -0.2) is 4.98 Å². The van der Waals surface area contributed by atoms with Gasteiger partial charge in [-0.3, -0.25) is 0 Å². The van der Waals surface area contributed by atoms with Crippen molar-refractivity contribution in [3.8, 4) is 11.5 Å². The normalized spacial score (nSPS) is 10.7. The number of benzene rings is 2. The van der Waals surface area contributed by atoms with Crippen molar-refractivity contribution in [2.24, 2.45) is 0 Å². The number of nitrogens with one attached hydrogen (secondary N) is 1. The van der Waals surface area contributed by atoms with Crippen LogP contribution in [0, 0.1) is 0 Å². The number of hydrogen-bond acceptors (Lipinski definition) is 4. The van der Waals surface area contributed by atoms with Gasteiger partial charge in [-0.05, 0) is 30.2 Å². The van der Waals surface area contributed by atoms with Crippen LogP contribution >= 0.6 is 11.6 Å². The first kappa shape index (κ1) is 19.3. The Hall–Kier alpha value is -2.50. The van der Waals surface area contributed by atoms with Gasteiger partial charge in [0.2, 0.25) is 0 Å². The van der Waals surface area contributed by atoms with E-state index in [1.165, 1.54) is 0 Å². The average molecular weight is 386 g/mol. The Bertz CT molecular complexity index is 823. The van der Waals surface area contributed by atoms with E-state index in [1.54, 1.807) is 13.3 Å². The molecule has 0 aliphatic heterocycles. The predicted molar refractivity (Wildman–Crippen MR) is 107 cm³/mol. The third-order valence-electron chi connectivity index (χ3n) is 4.21. The minimum atomic E-state index is 0.472. The third kappa shape index (κ3) is 5.74. The zero-order valence-electron chi connectivity index (χ0n) is 15.4. The van der Waals surface area contributed by atoms with E-state index < -0.39 is 0 Å². The molecule has 3 rings (SSSR count). The summed E-state index contributed by atoms with van der Waals surface area (Å²) in [5.41, 5.74) is 2.09. The number of aromatic nitrogens is 2. The Labute approximate surface area is 164 Å². The Balaban J connectivity index is 1.53. The molecule has 0 bridgehead atoms. The SMILES string of the molecule is COc1cc(CNCCCn2ccnc2)c(Cl)cc1OCc1ccccc1. The Morgan fingerprint density at radius 2 is 2.00 bits per heavy atom. The highest BCUT2D eigenvalue weighted by molar-refractivity contribution is 6.31. The lowest BCUT2D eigenvalue weighted by atomic mass is 10.2. The fraction of sp³-hybridized carbons (Fsp3) is 0.286. The molecule has 6 heteroatoms. The lowest BCUT2D eigenvalue weighted by molar-refractivity contribution is 0.284. The summed E-state index contributed by atoms with van der Waals surface area (Å²) in [6.45, 7) is 2.98. The number of imidazole rings is 1. The zero-order chi connectivity index (χ0) is 18.9. The quantitative estimate of drug-likeness (QED) is 0.528. The van der Waals surface area contributed by atoms with Crippen molar-refractivity contribution in [1.82, 2.24) is 14.9 Å². The predicted octanol–water partition coefficient (Wildman–Crippen LogP) is 4.30. The van der Waals surface area contributed by atoms with Gasteiger partial charge in [-0.15, -0.1) is 0 Å². The van der Waals surface area contributed by atoms with Crippen LogP contribution in [0.1, 0.15) is 17.5 Å². The summed E-state index contributed by atoms with van der Waals surface area (Å²) in [5, 5.41) is 4.09. The second-order valence-corrected chi connectivity index (χ2v) is 6.61. The zero-order valence-corrected chi connectivity index (χ0v) is 16.2. The van der Waals surface area contributed by atoms with Crippen LogP contribution in [-0.2, 0) is 19.7 Å². The van der Waals surface area contributed by atoms with E-state index in [9.17, 15) is 0 Å². The maximum absolute atomic E-state index is 6.45. The van der Waals surface area contributed by atoms with Crippen LogP contribution in [0.4, 0.5) is 0 Å². The molecule has 0 spiro atoms. The van der Waals surface area contributed by atoms with E-state index in [0.717, 1.165) is 30.6 Å². The lowest BCUT2D eigenvalue weighted by Gasteiger charge is -2.14. The van der Waals surface area contributed by atoms with Crippen molar-refractivity contribution in [3.63, 3.8) is 0 Å². The van der Waals surface area contributed by atoms with Gasteiger partial charge in [-0.2, -0.15) is 0 Å². The number of ether oxygens (including phenoxy) is 2. The van der Waals surface area contributed by atoms with Crippen LogP contribution in [0.15, 0.2) is 61.2 Å². The molecular weight excluding hydrogens is 362 g/mol. The number of hydrogen-bond donors (Lipinski definition) is 1. The first-order valence-corrected chi connectivity index (χ1v) is 9.33. The lowest BCUT2D eigenvalue weighted by Crippen LogP contribution is -2.16. The van der Waals surface area contributed by atoms with Crippen molar-refractivity contribution in [2.45, 2.75) is 26.1 Å². The number of aryl methyl sites for hydroxylation is 1. The van der Waals surface area contributed by atoms with Gasteiger partial charge >= 0.3 is 0 Å². The molecule has 1 aromatic heterocycles. The second-order valence-electron chi connectivity index (χ2n) is 6.20. The largest absolute Gasteiger partial charge is 0.493 e. The van der Waals surface area contributed by atoms with Crippen molar-refractivity contribution < 1.29 is 9.47 Å². The van der Waals surface area contributed by atoms with Crippen molar-refractivity contribution in [1.29, 1.82) is 0 Å². The first-order chi connectivity index (χ1) is 13.3. The minimum absolute atomic E-state index is 0.472. The molecule has 5 nitrogen and oxygen atoms in total. The fourth-order valence-electron chi connectivity index (χ4n) is 2.75. The highest BCUT2D eigenvalue weighted by Crippen LogP contribution is 2.33. The summed E-state index contributed by atoms with van der Waals surface area (Å²) in [5.74, 6) is 1.33. The summed E-state index contributed by atoms with van der Waals surface area (Å²) >= 11 is 6.45. The van der Waals surface area contributed by atoms with Crippen LogP contribution in [-0.4, -0.2) is 23.2 Å². The van der Waals surface area contributed by atoms with Crippen LogP contribution in [0.3, 0.4) is 0 Å². The monoisotopic (exact) mass is 385 g/mol. The molecule has 0 saturated heterocycles. The molecule has 0 amide bonds. The van der Waals surface area contributed by atoms with Gasteiger partial charge in [0.1, 0.15) is 6.61 Å². The van der Waals surface area contributed by atoms with Crippen LogP contribution in [0.2, 0.25) is 5.02 Å². The van der Waals surface area contributed by atoms with Gasteiger partial charge in [0, 0.05) is 36.6 Å². The number of methoxy groups -OCH3 is 1. The van der Waals surface area contributed by atoms with E-state index in [4.69, 9.17) is 21.1 Å². The summed E-state index contributed by atoms with van der Waals surface area (Å²) in [6, 6.07) is 13.8.